The van der Waals surface area contributed by atoms with E-state index in [1.807, 2.05) is 13.0 Å². The third kappa shape index (κ3) is 2.67. The van der Waals surface area contributed by atoms with E-state index in [-0.39, 0.29) is 12.2 Å². The van der Waals surface area contributed by atoms with Gasteiger partial charge in [0.15, 0.2) is 5.76 Å². The van der Waals surface area contributed by atoms with E-state index in [2.05, 4.69) is 17.0 Å². The smallest absolute Gasteiger partial charge is 0.205 e. The summed E-state index contributed by atoms with van der Waals surface area (Å²) in [5, 5.41) is 4.10. The fourth-order valence-corrected chi connectivity index (χ4v) is 1.77. The lowest BCUT2D eigenvalue weighted by molar-refractivity contribution is 0.0961. The Balaban J connectivity index is 2.08. The monoisotopic (exact) mass is 247 g/mol. The largest absolute Gasteiger partial charge is 0.458 e. The Morgan fingerprint density at radius 3 is 2.89 bits per heavy atom. The van der Waals surface area contributed by atoms with Crippen molar-refractivity contribution in [3.05, 3.63) is 35.8 Å². The van der Waals surface area contributed by atoms with Crippen LogP contribution in [0.3, 0.4) is 0 Å². The van der Waals surface area contributed by atoms with Gasteiger partial charge in [-0.25, -0.2) is 9.67 Å². The summed E-state index contributed by atoms with van der Waals surface area (Å²) >= 11 is 0. The Bertz CT molecular complexity index is 528. The van der Waals surface area contributed by atoms with Gasteiger partial charge in [-0.15, -0.1) is 0 Å². The van der Waals surface area contributed by atoms with Crippen molar-refractivity contribution < 1.29 is 9.21 Å². The number of carbonyl (C=O) groups excluding carboxylic acids is 1. The standard InChI is InChI=1S/C13H17N3O2/c1-3-7-16-13(14-9-15-16)8-11(17)12-6-5-10(4-2)18-12/h5-6,9H,3-4,7-8H2,1-2H3. The van der Waals surface area contributed by atoms with E-state index in [0.717, 1.165) is 25.1 Å². The highest BCUT2D eigenvalue weighted by Gasteiger charge is 2.15. The molecule has 0 spiro atoms. The molecule has 0 aromatic carbocycles. The molecule has 5 nitrogen and oxygen atoms in total. The molecule has 2 rings (SSSR count). The molecule has 2 heterocycles. The average Bonchev–Trinajstić information content (AvgIpc) is 2.99. The summed E-state index contributed by atoms with van der Waals surface area (Å²) < 4.78 is 7.20. The minimum absolute atomic E-state index is 0.0555. The van der Waals surface area contributed by atoms with Crippen LogP contribution in [0, 0.1) is 0 Å². The SMILES string of the molecule is CCCn1ncnc1CC(=O)c1ccc(CC)o1. The second-order valence-corrected chi connectivity index (χ2v) is 4.12. The van der Waals surface area contributed by atoms with Gasteiger partial charge >= 0.3 is 0 Å². The molecule has 0 aliphatic rings. The third-order valence-corrected chi connectivity index (χ3v) is 2.73. The molecule has 0 fully saturated rings. The van der Waals surface area contributed by atoms with Gasteiger partial charge < -0.3 is 4.42 Å². The van der Waals surface area contributed by atoms with Crippen LogP contribution in [0.25, 0.3) is 0 Å². The fourth-order valence-electron chi connectivity index (χ4n) is 1.77. The number of hydrogen-bond acceptors (Lipinski definition) is 4. The minimum Gasteiger partial charge on any atom is -0.458 e. The molecule has 18 heavy (non-hydrogen) atoms. The summed E-state index contributed by atoms with van der Waals surface area (Å²) in [7, 11) is 0. The molecule has 0 aliphatic heterocycles. The topological polar surface area (TPSA) is 60.9 Å². The Labute approximate surface area is 106 Å². The molecule has 0 radical (unpaired) electrons. The molecule has 0 saturated carbocycles. The molecule has 0 aliphatic carbocycles. The highest BCUT2D eigenvalue weighted by atomic mass is 16.3. The number of hydrogen-bond donors (Lipinski definition) is 0. The van der Waals surface area contributed by atoms with Crippen LogP contribution in [-0.2, 0) is 19.4 Å². The summed E-state index contributed by atoms with van der Waals surface area (Å²) in [6.45, 7) is 4.83. The number of nitrogens with zero attached hydrogens (tertiary/aromatic N) is 3. The van der Waals surface area contributed by atoms with Crippen molar-refractivity contribution in [2.45, 2.75) is 39.7 Å². The molecule has 2 aromatic rings. The van der Waals surface area contributed by atoms with Crippen LogP contribution >= 0.6 is 0 Å². The van der Waals surface area contributed by atoms with Crippen molar-refractivity contribution in [2.75, 3.05) is 0 Å². The Morgan fingerprint density at radius 2 is 2.22 bits per heavy atom. The lowest BCUT2D eigenvalue weighted by Gasteiger charge is -2.02. The van der Waals surface area contributed by atoms with E-state index >= 15 is 0 Å². The minimum atomic E-state index is -0.0555. The number of ketones is 1. The van der Waals surface area contributed by atoms with Gasteiger partial charge in [-0.05, 0) is 18.6 Å². The van der Waals surface area contributed by atoms with E-state index < -0.39 is 0 Å². The van der Waals surface area contributed by atoms with Gasteiger partial charge in [0, 0.05) is 13.0 Å². The highest BCUT2D eigenvalue weighted by molar-refractivity contribution is 5.94. The first-order chi connectivity index (χ1) is 8.74. The van der Waals surface area contributed by atoms with Gasteiger partial charge in [-0.3, -0.25) is 4.79 Å². The lowest BCUT2D eigenvalue weighted by Crippen LogP contribution is -2.11. The summed E-state index contributed by atoms with van der Waals surface area (Å²) in [5.41, 5.74) is 0. The predicted octanol–water partition coefficient (Wildman–Crippen LogP) is 2.27. The molecule has 2 aromatic heterocycles. The zero-order valence-electron chi connectivity index (χ0n) is 10.7. The second kappa shape index (κ2) is 5.62. The first-order valence-corrected chi connectivity index (χ1v) is 6.23. The number of aryl methyl sites for hydroxylation is 2. The zero-order valence-corrected chi connectivity index (χ0v) is 10.7. The summed E-state index contributed by atoms with van der Waals surface area (Å²) in [6, 6.07) is 3.56. The molecule has 0 amide bonds. The van der Waals surface area contributed by atoms with Crippen LogP contribution in [0.15, 0.2) is 22.9 Å². The summed E-state index contributed by atoms with van der Waals surface area (Å²) in [4.78, 5) is 16.1. The molecule has 0 saturated heterocycles. The summed E-state index contributed by atoms with van der Waals surface area (Å²) in [6.07, 6.45) is 3.47. The van der Waals surface area contributed by atoms with Crippen molar-refractivity contribution in [2.24, 2.45) is 0 Å². The highest BCUT2D eigenvalue weighted by Crippen LogP contribution is 2.11. The van der Waals surface area contributed by atoms with E-state index in [4.69, 9.17) is 4.42 Å². The van der Waals surface area contributed by atoms with Crippen LogP contribution in [0.4, 0.5) is 0 Å². The third-order valence-electron chi connectivity index (χ3n) is 2.73. The van der Waals surface area contributed by atoms with E-state index in [9.17, 15) is 4.79 Å². The molecule has 96 valence electrons. The Hall–Kier alpha value is -1.91. The average molecular weight is 247 g/mol. The van der Waals surface area contributed by atoms with Gasteiger partial charge in [0.1, 0.15) is 17.9 Å². The molecular formula is C13H17N3O2. The molecule has 0 unspecified atom stereocenters. The zero-order chi connectivity index (χ0) is 13.0. The van der Waals surface area contributed by atoms with Crippen LogP contribution in [0.5, 0.6) is 0 Å². The normalized spacial score (nSPS) is 10.8. The summed E-state index contributed by atoms with van der Waals surface area (Å²) in [5.74, 6) is 1.86. The second-order valence-electron chi connectivity index (χ2n) is 4.12. The number of aromatic nitrogens is 3. The maximum atomic E-state index is 12.0. The van der Waals surface area contributed by atoms with Crippen molar-refractivity contribution in [3.63, 3.8) is 0 Å². The van der Waals surface area contributed by atoms with Gasteiger partial charge in [0.2, 0.25) is 5.78 Å². The van der Waals surface area contributed by atoms with Crippen molar-refractivity contribution in [1.82, 2.24) is 14.8 Å². The van der Waals surface area contributed by atoms with E-state index in [1.165, 1.54) is 6.33 Å². The lowest BCUT2D eigenvalue weighted by atomic mass is 10.2. The van der Waals surface area contributed by atoms with Gasteiger partial charge in [-0.1, -0.05) is 13.8 Å². The van der Waals surface area contributed by atoms with Crippen LogP contribution in [-0.4, -0.2) is 20.5 Å². The van der Waals surface area contributed by atoms with Crippen molar-refractivity contribution in [1.29, 1.82) is 0 Å². The molecule has 0 atom stereocenters. The van der Waals surface area contributed by atoms with Crippen molar-refractivity contribution >= 4 is 5.78 Å². The Kier molecular flexibility index (Phi) is 3.92. The van der Waals surface area contributed by atoms with Crippen molar-refractivity contribution in [3.8, 4) is 0 Å². The Morgan fingerprint density at radius 1 is 1.39 bits per heavy atom. The van der Waals surface area contributed by atoms with Crippen LogP contribution in [0.1, 0.15) is 42.4 Å². The quantitative estimate of drug-likeness (QED) is 0.735. The van der Waals surface area contributed by atoms with Crippen LogP contribution in [0.2, 0.25) is 0 Å². The number of Topliss-reactive ketones (excluding diaryl/α,β-unsaturated/α-hetero) is 1. The maximum Gasteiger partial charge on any atom is 0.205 e. The molecule has 0 bridgehead atoms. The van der Waals surface area contributed by atoms with E-state index in [0.29, 0.717) is 11.6 Å². The molecule has 0 N–H and O–H groups in total. The number of carbonyl (C=O) groups is 1. The van der Waals surface area contributed by atoms with Crippen LogP contribution < -0.4 is 0 Å². The first kappa shape index (κ1) is 12.5. The van der Waals surface area contributed by atoms with E-state index in [1.54, 1.807) is 10.7 Å². The maximum absolute atomic E-state index is 12.0. The number of rotatable bonds is 6. The number of furan rings is 1. The van der Waals surface area contributed by atoms with Gasteiger partial charge in [-0.2, -0.15) is 5.10 Å². The van der Waals surface area contributed by atoms with Gasteiger partial charge in [0.05, 0.1) is 6.42 Å². The predicted molar refractivity (Wildman–Crippen MR) is 66.4 cm³/mol. The molecular weight excluding hydrogens is 230 g/mol. The van der Waals surface area contributed by atoms with Gasteiger partial charge in [0.25, 0.3) is 0 Å². The fraction of sp³-hybridized carbons (Fsp3) is 0.462. The first-order valence-electron chi connectivity index (χ1n) is 6.23. The molecule has 5 heteroatoms.